The van der Waals surface area contributed by atoms with Crippen LogP contribution in [0.25, 0.3) is 0 Å². The number of aliphatic hydroxyl groups excluding tert-OH is 1. The molecule has 1 unspecified atom stereocenters. The van der Waals surface area contributed by atoms with Crippen molar-refractivity contribution in [1.29, 1.82) is 0 Å². The van der Waals surface area contributed by atoms with Gasteiger partial charge in [0.15, 0.2) is 0 Å². The Labute approximate surface area is 126 Å². The molecule has 0 aliphatic rings. The van der Waals surface area contributed by atoms with Gasteiger partial charge in [-0.2, -0.15) is 0 Å². The van der Waals surface area contributed by atoms with Crippen molar-refractivity contribution >= 4 is 21.6 Å². The second kappa shape index (κ2) is 7.91. The van der Waals surface area contributed by atoms with E-state index in [1.54, 1.807) is 0 Å². The molecule has 0 fully saturated rings. The molecular formula is C16H26BrNO. The number of aliphatic hydroxyl groups is 1. The van der Waals surface area contributed by atoms with Gasteiger partial charge < -0.3 is 10.0 Å². The SMILES string of the molecule is CCC(CC)CN(CC)c1cc(Br)ccc1C(C)O. The van der Waals surface area contributed by atoms with Crippen LogP contribution in [0.1, 0.15) is 52.2 Å². The van der Waals surface area contributed by atoms with E-state index in [0.29, 0.717) is 5.92 Å². The summed E-state index contributed by atoms with van der Waals surface area (Å²) in [5.74, 6) is 0.709. The van der Waals surface area contributed by atoms with Crippen LogP contribution in [0.2, 0.25) is 0 Å². The maximum Gasteiger partial charge on any atom is 0.0782 e. The highest BCUT2D eigenvalue weighted by molar-refractivity contribution is 9.10. The third-order valence-electron chi connectivity index (χ3n) is 3.80. The number of halogens is 1. The summed E-state index contributed by atoms with van der Waals surface area (Å²) in [4.78, 5) is 2.38. The summed E-state index contributed by atoms with van der Waals surface area (Å²) in [6.45, 7) is 10.5. The van der Waals surface area contributed by atoms with E-state index in [9.17, 15) is 5.11 Å². The lowest BCUT2D eigenvalue weighted by molar-refractivity contribution is 0.199. The Morgan fingerprint density at radius 2 is 1.84 bits per heavy atom. The first-order valence-electron chi connectivity index (χ1n) is 7.25. The first kappa shape index (κ1) is 16.5. The number of hydrogen-bond acceptors (Lipinski definition) is 2. The van der Waals surface area contributed by atoms with Gasteiger partial charge in [0.1, 0.15) is 0 Å². The van der Waals surface area contributed by atoms with E-state index in [1.807, 2.05) is 19.1 Å². The minimum absolute atomic E-state index is 0.432. The first-order valence-corrected chi connectivity index (χ1v) is 8.05. The lowest BCUT2D eigenvalue weighted by atomic mass is 10.0. The maximum atomic E-state index is 9.95. The van der Waals surface area contributed by atoms with Gasteiger partial charge in [-0.1, -0.05) is 48.7 Å². The molecule has 1 aromatic carbocycles. The molecule has 0 bridgehead atoms. The van der Waals surface area contributed by atoms with Crippen molar-refractivity contribution in [3.05, 3.63) is 28.2 Å². The first-order chi connectivity index (χ1) is 9.03. The molecule has 19 heavy (non-hydrogen) atoms. The van der Waals surface area contributed by atoms with Crippen LogP contribution in [0.4, 0.5) is 5.69 Å². The van der Waals surface area contributed by atoms with Crippen LogP contribution in [0.5, 0.6) is 0 Å². The fraction of sp³-hybridized carbons (Fsp3) is 0.625. The van der Waals surface area contributed by atoms with Gasteiger partial charge >= 0.3 is 0 Å². The van der Waals surface area contributed by atoms with E-state index < -0.39 is 6.10 Å². The number of benzene rings is 1. The summed E-state index contributed by atoms with van der Waals surface area (Å²) in [6.07, 6.45) is 1.97. The van der Waals surface area contributed by atoms with E-state index >= 15 is 0 Å². The maximum absolute atomic E-state index is 9.95. The quantitative estimate of drug-likeness (QED) is 0.780. The van der Waals surface area contributed by atoms with Gasteiger partial charge in [-0.05, 0) is 31.9 Å². The normalized spacial score (nSPS) is 12.8. The highest BCUT2D eigenvalue weighted by Crippen LogP contribution is 2.30. The van der Waals surface area contributed by atoms with Crippen LogP contribution in [-0.2, 0) is 0 Å². The highest BCUT2D eigenvalue weighted by atomic mass is 79.9. The minimum Gasteiger partial charge on any atom is -0.389 e. The number of hydrogen-bond donors (Lipinski definition) is 1. The number of rotatable bonds is 7. The molecule has 1 N–H and O–H groups in total. The molecule has 0 spiro atoms. The summed E-state index contributed by atoms with van der Waals surface area (Å²) < 4.78 is 1.06. The minimum atomic E-state index is -0.432. The fourth-order valence-electron chi connectivity index (χ4n) is 2.40. The Morgan fingerprint density at radius 1 is 1.21 bits per heavy atom. The van der Waals surface area contributed by atoms with E-state index in [2.05, 4.69) is 47.7 Å². The van der Waals surface area contributed by atoms with Gasteiger partial charge in [0.2, 0.25) is 0 Å². The lowest BCUT2D eigenvalue weighted by Gasteiger charge is -2.30. The molecular weight excluding hydrogens is 302 g/mol. The molecule has 0 saturated carbocycles. The standard InChI is InChI=1S/C16H26BrNO/c1-5-13(6-2)11-18(7-3)16-10-14(17)8-9-15(16)12(4)19/h8-10,12-13,19H,5-7,11H2,1-4H3. The third kappa shape index (κ3) is 4.50. The largest absolute Gasteiger partial charge is 0.389 e. The van der Waals surface area contributed by atoms with Gasteiger partial charge in [-0.3, -0.25) is 0 Å². The monoisotopic (exact) mass is 327 g/mol. The van der Waals surface area contributed by atoms with E-state index in [4.69, 9.17) is 0 Å². The number of nitrogens with zero attached hydrogens (tertiary/aromatic N) is 1. The Bertz CT molecular complexity index is 388. The molecule has 1 rings (SSSR count). The molecule has 108 valence electrons. The van der Waals surface area contributed by atoms with Crippen molar-refractivity contribution in [3.63, 3.8) is 0 Å². The summed E-state index contributed by atoms with van der Waals surface area (Å²) >= 11 is 3.53. The Hall–Kier alpha value is -0.540. The fourth-order valence-corrected chi connectivity index (χ4v) is 2.75. The van der Waals surface area contributed by atoms with Crippen LogP contribution in [0.15, 0.2) is 22.7 Å². The average molecular weight is 328 g/mol. The van der Waals surface area contributed by atoms with E-state index in [0.717, 1.165) is 28.8 Å². The molecule has 0 aliphatic carbocycles. The zero-order chi connectivity index (χ0) is 14.4. The molecule has 3 heteroatoms. The zero-order valence-electron chi connectivity index (χ0n) is 12.5. The van der Waals surface area contributed by atoms with Crippen LogP contribution in [-0.4, -0.2) is 18.2 Å². The molecule has 0 aliphatic heterocycles. The van der Waals surface area contributed by atoms with Crippen LogP contribution in [0.3, 0.4) is 0 Å². The summed E-state index contributed by atoms with van der Waals surface area (Å²) in [6, 6.07) is 6.13. The van der Waals surface area contributed by atoms with E-state index in [-0.39, 0.29) is 0 Å². The topological polar surface area (TPSA) is 23.5 Å². The molecule has 0 saturated heterocycles. The van der Waals surface area contributed by atoms with Crippen LogP contribution < -0.4 is 4.90 Å². The lowest BCUT2D eigenvalue weighted by Crippen LogP contribution is -2.30. The molecule has 0 heterocycles. The highest BCUT2D eigenvalue weighted by Gasteiger charge is 2.16. The Morgan fingerprint density at radius 3 is 2.32 bits per heavy atom. The predicted molar refractivity (Wildman–Crippen MR) is 86.7 cm³/mol. The average Bonchev–Trinajstić information content (AvgIpc) is 2.40. The van der Waals surface area contributed by atoms with Crippen molar-refractivity contribution in [2.24, 2.45) is 5.92 Å². The molecule has 0 radical (unpaired) electrons. The summed E-state index contributed by atoms with van der Waals surface area (Å²) in [5, 5.41) is 9.95. The van der Waals surface area contributed by atoms with Crippen molar-refractivity contribution in [2.75, 3.05) is 18.0 Å². The van der Waals surface area contributed by atoms with Crippen LogP contribution >= 0.6 is 15.9 Å². The molecule has 1 aromatic rings. The van der Waals surface area contributed by atoms with Gasteiger partial charge in [0.05, 0.1) is 6.10 Å². The second-order valence-corrected chi connectivity index (χ2v) is 6.02. The smallest absolute Gasteiger partial charge is 0.0782 e. The zero-order valence-corrected chi connectivity index (χ0v) is 14.1. The van der Waals surface area contributed by atoms with Crippen LogP contribution in [0, 0.1) is 5.92 Å². The Balaban J connectivity index is 3.05. The Kier molecular flexibility index (Phi) is 6.87. The molecule has 0 amide bonds. The predicted octanol–water partition coefficient (Wildman–Crippen LogP) is 4.76. The van der Waals surface area contributed by atoms with Gasteiger partial charge in [-0.15, -0.1) is 0 Å². The van der Waals surface area contributed by atoms with Crippen molar-refractivity contribution in [2.45, 2.75) is 46.6 Å². The van der Waals surface area contributed by atoms with Crippen molar-refractivity contribution < 1.29 is 5.11 Å². The van der Waals surface area contributed by atoms with Crippen molar-refractivity contribution in [1.82, 2.24) is 0 Å². The third-order valence-corrected chi connectivity index (χ3v) is 4.29. The van der Waals surface area contributed by atoms with E-state index in [1.165, 1.54) is 12.8 Å². The molecule has 0 aromatic heterocycles. The molecule has 2 nitrogen and oxygen atoms in total. The van der Waals surface area contributed by atoms with Gasteiger partial charge in [-0.25, -0.2) is 0 Å². The van der Waals surface area contributed by atoms with Crippen molar-refractivity contribution in [3.8, 4) is 0 Å². The van der Waals surface area contributed by atoms with Gasteiger partial charge in [0, 0.05) is 28.8 Å². The second-order valence-electron chi connectivity index (χ2n) is 5.10. The summed E-state index contributed by atoms with van der Waals surface area (Å²) in [7, 11) is 0. The number of anilines is 1. The van der Waals surface area contributed by atoms with Gasteiger partial charge in [0.25, 0.3) is 0 Å². The summed E-state index contributed by atoms with van der Waals surface area (Å²) in [5.41, 5.74) is 2.16. The molecule has 1 atom stereocenters.